The molecular formula is C17H31N3O3S. The Morgan fingerprint density at radius 3 is 2.67 bits per heavy atom. The Balaban J connectivity index is 1.52. The fraction of sp³-hybridized carbons (Fsp3) is 0.941. The number of sulfone groups is 1. The van der Waals surface area contributed by atoms with Crippen LogP contribution in [0.15, 0.2) is 4.99 Å². The third kappa shape index (κ3) is 3.57. The number of rotatable bonds is 5. The van der Waals surface area contributed by atoms with E-state index in [0.29, 0.717) is 30.2 Å². The highest BCUT2D eigenvalue weighted by Crippen LogP contribution is 2.54. The van der Waals surface area contributed by atoms with Gasteiger partial charge in [0, 0.05) is 31.7 Å². The van der Waals surface area contributed by atoms with Gasteiger partial charge >= 0.3 is 0 Å². The summed E-state index contributed by atoms with van der Waals surface area (Å²) in [6, 6.07) is 0.412. The fourth-order valence-corrected chi connectivity index (χ4v) is 6.58. The zero-order chi connectivity index (χ0) is 17.2. The van der Waals surface area contributed by atoms with Crippen LogP contribution >= 0.6 is 0 Å². The molecule has 6 nitrogen and oxygen atoms in total. The fourth-order valence-electron chi connectivity index (χ4n) is 4.72. The van der Waals surface area contributed by atoms with E-state index < -0.39 is 9.84 Å². The molecule has 1 aliphatic heterocycles. The number of hydrogen-bond donors (Lipinski definition) is 2. The van der Waals surface area contributed by atoms with Crippen molar-refractivity contribution < 1.29 is 13.2 Å². The van der Waals surface area contributed by atoms with Crippen LogP contribution in [0.2, 0.25) is 0 Å². The average molecular weight is 358 g/mol. The lowest BCUT2D eigenvalue weighted by Crippen LogP contribution is -2.65. The summed E-state index contributed by atoms with van der Waals surface area (Å²) in [5, 5.41) is 6.91. The van der Waals surface area contributed by atoms with E-state index in [4.69, 9.17) is 4.74 Å². The molecule has 1 heterocycles. The van der Waals surface area contributed by atoms with Gasteiger partial charge in [0.05, 0.1) is 17.6 Å². The van der Waals surface area contributed by atoms with Gasteiger partial charge < -0.3 is 15.4 Å². The molecule has 0 bridgehead atoms. The number of guanidine groups is 1. The Labute approximate surface area is 145 Å². The zero-order valence-electron chi connectivity index (χ0n) is 14.9. The Kier molecular flexibility index (Phi) is 5.39. The molecule has 0 amide bonds. The maximum Gasteiger partial charge on any atom is 0.191 e. The summed E-state index contributed by atoms with van der Waals surface area (Å²) >= 11 is 0. The highest BCUT2D eigenvalue weighted by molar-refractivity contribution is 7.91. The minimum atomic E-state index is -2.82. The quantitative estimate of drug-likeness (QED) is 0.573. The van der Waals surface area contributed by atoms with Crippen LogP contribution in [0.5, 0.6) is 0 Å². The lowest BCUT2D eigenvalue weighted by Gasteiger charge is -2.54. The zero-order valence-corrected chi connectivity index (χ0v) is 15.7. The molecule has 0 aromatic carbocycles. The van der Waals surface area contributed by atoms with E-state index in [9.17, 15) is 8.42 Å². The van der Waals surface area contributed by atoms with Gasteiger partial charge in [-0.25, -0.2) is 8.42 Å². The molecule has 2 N–H and O–H groups in total. The van der Waals surface area contributed by atoms with Gasteiger partial charge in [0.25, 0.3) is 0 Å². The highest BCUT2D eigenvalue weighted by atomic mass is 32.2. The van der Waals surface area contributed by atoms with Crippen LogP contribution in [-0.2, 0) is 14.6 Å². The van der Waals surface area contributed by atoms with Gasteiger partial charge in [0.2, 0.25) is 0 Å². The van der Waals surface area contributed by atoms with Crippen molar-refractivity contribution in [2.45, 2.75) is 57.6 Å². The average Bonchev–Trinajstić information content (AvgIpc) is 3.18. The second-order valence-corrected chi connectivity index (χ2v) is 9.77. The van der Waals surface area contributed by atoms with Gasteiger partial charge in [-0.1, -0.05) is 12.8 Å². The molecule has 3 fully saturated rings. The topological polar surface area (TPSA) is 79.8 Å². The standard InChI is InChI=1S/C17H31N3O3S/c1-3-23-15-10-14(17(15)7-4-5-8-17)20-16(18-2)19-11-13-6-9-24(21,22)12-13/h13-15H,3-12H2,1-2H3,(H2,18,19,20). The lowest BCUT2D eigenvalue weighted by atomic mass is 9.60. The number of ether oxygens (including phenoxy) is 1. The Hall–Kier alpha value is -0.820. The Bertz CT molecular complexity index is 570. The van der Waals surface area contributed by atoms with E-state index in [1.54, 1.807) is 7.05 Å². The van der Waals surface area contributed by atoms with Crippen molar-refractivity contribution in [3.05, 3.63) is 0 Å². The van der Waals surface area contributed by atoms with E-state index in [0.717, 1.165) is 25.4 Å². The summed E-state index contributed by atoms with van der Waals surface area (Å²) < 4.78 is 29.1. The molecule has 1 spiro atoms. The van der Waals surface area contributed by atoms with Crippen molar-refractivity contribution in [1.29, 1.82) is 0 Å². The lowest BCUT2D eigenvalue weighted by molar-refractivity contribution is -0.125. The number of nitrogens with zero attached hydrogens (tertiary/aromatic N) is 1. The van der Waals surface area contributed by atoms with E-state index in [2.05, 4.69) is 22.5 Å². The van der Waals surface area contributed by atoms with Crippen molar-refractivity contribution in [2.24, 2.45) is 16.3 Å². The van der Waals surface area contributed by atoms with Crippen LogP contribution in [0.25, 0.3) is 0 Å². The summed E-state index contributed by atoms with van der Waals surface area (Å²) in [5.41, 5.74) is 0.268. The maximum absolute atomic E-state index is 11.6. The largest absolute Gasteiger partial charge is 0.378 e. The van der Waals surface area contributed by atoms with Gasteiger partial charge in [-0.05, 0) is 38.5 Å². The summed E-state index contributed by atoms with van der Waals surface area (Å²) in [7, 11) is -1.04. The normalized spacial score (nSPS) is 34.2. The molecule has 1 saturated heterocycles. The molecule has 3 atom stereocenters. The van der Waals surface area contributed by atoms with E-state index >= 15 is 0 Å². The van der Waals surface area contributed by atoms with E-state index in [1.807, 2.05) is 0 Å². The Morgan fingerprint density at radius 1 is 1.33 bits per heavy atom. The first-order valence-corrected chi connectivity index (χ1v) is 11.1. The van der Waals surface area contributed by atoms with Gasteiger partial charge in [-0.2, -0.15) is 0 Å². The van der Waals surface area contributed by atoms with Gasteiger partial charge in [0.15, 0.2) is 15.8 Å². The second kappa shape index (κ2) is 7.20. The van der Waals surface area contributed by atoms with Crippen molar-refractivity contribution >= 4 is 15.8 Å². The van der Waals surface area contributed by atoms with Crippen LogP contribution in [0, 0.1) is 11.3 Å². The number of nitrogens with one attached hydrogen (secondary N) is 2. The summed E-state index contributed by atoms with van der Waals surface area (Å²) in [5.74, 6) is 1.63. The van der Waals surface area contributed by atoms with E-state index in [-0.39, 0.29) is 11.3 Å². The van der Waals surface area contributed by atoms with Crippen molar-refractivity contribution in [3.63, 3.8) is 0 Å². The third-order valence-corrected chi connectivity index (χ3v) is 7.94. The van der Waals surface area contributed by atoms with Crippen LogP contribution in [0.1, 0.15) is 45.4 Å². The van der Waals surface area contributed by atoms with Gasteiger partial charge in [-0.15, -0.1) is 0 Å². The van der Waals surface area contributed by atoms with Crippen molar-refractivity contribution in [2.75, 3.05) is 31.7 Å². The minimum absolute atomic E-state index is 0.201. The predicted molar refractivity (Wildman–Crippen MR) is 96.0 cm³/mol. The van der Waals surface area contributed by atoms with Crippen molar-refractivity contribution in [3.8, 4) is 0 Å². The molecule has 138 valence electrons. The van der Waals surface area contributed by atoms with Gasteiger partial charge in [-0.3, -0.25) is 4.99 Å². The SMILES string of the molecule is CCOC1CC(NC(=NC)NCC2CCS(=O)(=O)C2)C12CCCC2. The molecule has 7 heteroatoms. The molecule has 2 saturated carbocycles. The summed E-state index contributed by atoms with van der Waals surface area (Å²) in [6.45, 7) is 3.52. The van der Waals surface area contributed by atoms with Crippen LogP contribution < -0.4 is 10.6 Å². The second-order valence-electron chi connectivity index (χ2n) is 7.54. The minimum Gasteiger partial charge on any atom is -0.378 e. The molecule has 24 heavy (non-hydrogen) atoms. The third-order valence-electron chi connectivity index (χ3n) is 6.11. The molecule has 0 radical (unpaired) electrons. The molecule has 2 aliphatic carbocycles. The highest BCUT2D eigenvalue weighted by Gasteiger charge is 2.56. The Morgan fingerprint density at radius 2 is 2.08 bits per heavy atom. The van der Waals surface area contributed by atoms with E-state index in [1.165, 1.54) is 25.7 Å². The predicted octanol–water partition coefficient (Wildman–Crippen LogP) is 1.32. The molecule has 3 aliphatic rings. The molecule has 3 rings (SSSR count). The van der Waals surface area contributed by atoms with Crippen LogP contribution in [0.3, 0.4) is 0 Å². The smallest absolute Gasteiger partial charge is 0.191 e. The van der Waals surface area contributed by atoms with Crippen LogP contribution in [0.4, 0.5) is 0 Å². The summed E-state index contributed by atoms with van der Waals surface area (Å²) in [4.78, 5) is 4.34. The molecular weight excluding hydrogens is 326 g/mol. The molecule has 0 aromatic heterocycles. The maximum atomic E-state index is 11.6. The first-order valence-electron chi connectivity index (χ1n) is 9.28. The van der Waals surface area contributed by atoms with Gasteiger partial charge in [0.1, 0.15) is 0 Å². The number of aliphatic imine (C=N–C) groups is 1. The van der Waals surface area contributed by atoms with Crippen LogP contribution in [-0.4, -0.2) is 58.2 Å². The first-order chi connectivity index (χ1) is 11.5. The van der Waals surface area contributed by atoms with Crippen molar-refractivity contribution in [1.82, 2.24) is 10.6 Å². The monoisotopic (exact) mass is 357 g/mol. The molecule has 3 unspecified atom stereocenters. The molecule has 0 aromatic rings. The number of hydrogen-bond acceptors (Lipinski definition) is 4. The first kappa shape index (κ1) is 18.0. The summed E-state index contributed by atoms with van der Waals surface area (Å²) in [6.07, 6.45) is 7.20.